The number of para-hydroxylation sites is 2. The first-order chi connectivity index (χ1) is 31.0. The van der Waals surface area contributed by atoms with Crippen molar-refractivity contribution in [3.8, 4) is 56.8 Å². The summed E-state index contributed by atoms with van der Waals surface area (Å²) in [6, 6.07) is 50.3. The highest BCUT2D eigenvalue weighted by Gasteiger charge is 2.33. The summed E-state index contributed by atoms with van der Waals surface area (Å²) < 4.78 is 88.9. The summed E-state index contributed by atoms with van der Waals surface area (Å²) in [6.07, 6.45) is -7.50. The van der Waals surface area contributed by atoms with Crippen molar-refractivity contribution in [3.05, 3.63) is 193 Å². The van der Waals surface area contributed by atoms with Gasteiger partial charge >= 0.3 is 12.4 Å². The van der Waals surface area contributed by atoms with Gasteiger partial charge in [0.05, 0.1) is 50.3 Å². The van der Waals surface area contributed by atoms with Crippen LogP contribution in [0.15, 0.2) is 182 Å². The van der Waals surface area contributed by atoms with Gasteiger partial charge in [-0.15, -0.1) is 0 Å². The van der Waals surface area contributed by atoms with Crippen molar-refractivity contribution in [2.75, 3.05) is 0 Å². The monoisotopic (exact) mass is 852 g/mol. The Morgan fingerprint density at radius 1 is 0.359 bits per heavy atom. The molecule has 0 unspecified atom stereocenters. The van der Waals surface area contributed by atoms with E-state index in [4.69, 9.17) is 19.9 Å². The Bertz CT molecular complexity index is 3540. The molecule has 0 saturated heterocycles. The molecule has 0 aliphatic carbocycles. The van der Waals surface area contributed by atoms with Gasteiger partial charge in [0.25, 0.3) is 0 Å². The number of hydrogen-bond acceptors (Lipinski definition) is 4. The molecule has 0 atom stereocenters. The Hall–Kier alpha value is -8.12. The van der Waals surface area contributed by atoms with Crippen LogP contribution in [0.3, 0.4) is 0 Å². The maximum Gasteiger partial charge on any atom is 0.416 e. The summed E-state index contributed by atoms with van der Waals surface area (Å²) >= 11 is 0. The number of pyridine rings is 1. The van der Waals surface area contributed by atoms with Crippen molar-refractivity contribution in [2.45, 2.75) is 12.4 Å². The van der Waals surface area contributed by atoms with Crippen LogP contribution in [0.2, 0.25) is 0 Å². The molecule has 4 aromatic heterocycles. The molecule has 11 aromatic rings. The number of rotatable bonds is 6. The fourth-order valence-electron chi connectivity index (χ4n) is 8.60. The van der Waals surface area contributed by atoms with Gasteiger partial charge in [0.1, 0.15) is 0 Å². The molecule has 310 valence electrons. The van der Waals surface area contributed by atoms with E-state index in [1.807, 2.05) is 118 Å². The van der Waals surface area contributed by atoms with Crippen LogP contribution in [0.4, 0.5) is 26.3 Å². The molecule has 0 N–H and O–H groups in total. The predicted molar refractivity (Wildman–Crippen MR) is 238 cm³/mol. The Balaban J connectivity index is 1.22. The van der Waals surface area contributed by atoms with Crippen molar-refractivity contribution in [2.24, 2.45) is 0 Å². The molecular weight excluding hydrogens is 823 g/mol. The molecule has 0 fully saturated rings. The van der Waals surface area contributed by atoms with Crippen LogP contribution in [0.25, 0.3) is 100 Å². The zero-order valence-corrected chi connectivity index (χ0v) is 33.3. The summed E-state index contributed by atoms with van der Waals surface area (Å²) in [5.74, 6) is 1.24. The largest absolute Gasteiger partial charge is 0.416 e. The minimum Gasteiger partial charge on any atom is -0.309 e. The average Bonchev–Trinajstić information content (AvgIpc) is 3.83. The van der Waals surface area contributed by atoms with Crippen molar-refractivity contribution >= 4 is 43.6 Å². The Morgan fingerprint density at radius 2 is 0.812 bits per heavy atom. The molecule has 0 aliphatic rings. The van der Waals surface area contributed by atoms with Gasteiger partial charge in [-0.05, 0) is 78.9 Å². The third kappa shape index (κ3) is 6.53. The van der Waals surface area contributed by atoms with Crippen molar-refractivity contribution < 1.29 is 26.3 Å². The third-order valence-electron chi connectivity index (χ3n) is 11.5. The number of halogens is 6. The van der Waals surface area contributed by atoms with E-state index in [0.717, 1.165) is 23.3 Å². The molecule has 64 heavy (non-hydrogen) atoms. The number of fused-ring (bicyclic) bond motifs is 6. The van der Waals surface area contributed by atoms with E-state index >= 15 is 0 Å². The number of benzene rings is 7. The van der Waals surface area contributed by atoms with Crippen LogP contribution in [-0.4, -0.2) is 29.1 Å². The molecule has 0 amide bonds. The second-order valence-electron chi connectivity index (χ2n) is 15.3. The highest BCUT2D eigenvalue weighted by molar-refractivity contribution is 6.11. The van der Waals surface area contributed by atoms with Crippen LogP contribution in [0.5, 0.6) is 0 Å². The fourth-order valence-corrected chi connectivity index (χ4v) is 8.60. The molecule has 0 spiro atoms. The predicted octanol–water partition coefficient (Wildman–Crippen LogP) is 14.2. The summed E-state index contributed by atoms with van der Waals surface area (Å²) in [6.45, 7) is 0. The smallest absolute Gasteiger partial charge is 0.309 e. The highest BCUT2D eigenvalue weighted by Crippen LogP contribution is 2.43. The first kappa shape index (κ1) is 38.8. The van der Waals surface area contributed by atoms with Crippen molar-refractivity contribution in [1.82, 2.24) is 29.1 Å². The standard InChI is InChI=1S/C52H30F6N6/c53-51(54,55)34-22-25-43-38(29-34)36-16-7-9-18-41(36)63(43)45-24-21-33(50-61-48(31-12-3-1-4-13-31)60-49(62-50)32-14-5-2-6-15-32)28-40(45)47-46(20-11-27-59-47)64-42-19-10-8-17-37(42)39-30-35(52(56,57)58)23-26-44(39)64/h1-30H. The van der Waals surface area contributed by atoms with E-state index in [2.05, 4.69) is 0 Å². The molecule has 0 bridgehead atoms. The third-order valence-corrected chi connectivity index (χ3v) is 11.5. The Morgan fingerprint density at radius 3 is 1.33 bits per heavy atom. The highest BCUT2D eigenvalue weighted by atomic mass is 19.4. The summed E-state index contributed by atoms with van der Waals surface area (Å²) in [7, 11) is 0. The molecule has 4 heterocycles. The van der Waals surface area contributed by atoms with E-state index in [-0.39, 0.29) is 0 Å². The van der Waals surface area contributed by atoms with Crippen LogP contribution in [0.1, 0.15) is 11.1 Å². The lowest BCUT2D eigenvalue weighted by Gasteiger charge is -2.19. The minimum absolute atomic E-state index is 0.353. The lowest BCUT2D eigenvalue weighted by molar-refractivity contribution is -0.138. The second-order valence-corrected chi connectivity index (χ2v) is 15.3. The van der Waals surface area contributed by atoms with Gasteiger partial charge in [-0.2, -0.15) is 26.3 Å². The summed E-state index contributed by atoms with van der Waals surface area (Å²) in [5.41, 5.74) is 5.07. The molecule has 0 radical (unpaired) electrons. The van der Waals surface area contributed by atoms with Crippen molar-refractivity contribution in [1.29, 1.82) is 0 Å². The first-order valence-electron chi connectivity index (χ1n) is 20.2. The lowest BCUT2D eigenvalue weighted by Crippen LogP contribution is -2.06. The molecule has 6 nitrogen and oxygen atoms in total. The van der Waals surface area contributed by atoms with Gasteiger partial charge < -0.3 is 9.13 Å². The Kier molecular flexibility index (Phi) is 8.95. The van der Waals surface area contributed by atoms with Gasteiger partial charge in [-0.1, -0.05) is 97.1 Å². The van der Waals surface area contributed by atoms with Crippen molar-refractivity contribution in [3.63, 3.8) is 0 Å². The average molecular weight is 853 g/mol. The second kappa shape index (κ2) is 14.8. The molecule has 11 rings (SSSR count). The zero-order valence-electron chi connectivity index (χ0n) is 33.3. The maximum absolute atomic E-state index is 14.2. The van der Waals surface area contributed by atoms with Gasteiger partial charge in [0, 0.05) is 50.0 Å². The normalized spacial score (nSPS) is 12.2. The van der Waals surface area contributed by atoms with E-state index < -0.39 is 23.5 Å². The topological polar surface area (TPSA) is 61.4 Å². The molecule has 0 saturated carbocycles. The number of alkyl halides is 6. The van der Waals surface area contributed by atoms with E-state index in [0.29, 0.717) is 89.3 Å². The van der Waals surface area contributed by atoms with E-state index in [1.54, 1.807) is 36.5 Å². The van der Waals surface area contributed by atoms with E-state index in [1.165, 1.54) is 24.3 Å². The van der Waals surface area contributed by atoms with Gasteiger partial charge in [0.2, 0.25) is 0 Å². The summed E-state index contributed by atoms with van der Waals surface area (Å²) in [5, 5.41) is 2.04. The van der Waals surface area contributed by atoms with Crippen LogP contribution >= 0.6 is 0 Å². The lowest BCUT2D eigenvalue weighted by atomic mass is 10.0. The minimum atomic E-state index is -4.57. The number of aromatic nitrogens is 6. The first-order valence-corrected chi connectivity index (χ1v) is 20.2. The van der Waals surface area contributed by atoms with Crippen LogP contribution in [0, 0.1) is 0 Å². The van der Waals surface area contributed by atoms with Crippen LogP contribution < -0.4 is 0 Å². The Labute approximate surface area is 360 Å². The molecular formula is C52H30F6N6. The van der Waals surface area contributed by atoms with Gasteiger partial charge in [0.15, 0.2) is 17.5 Å². The fraction of sp³-hybridized carbons (Fsp3) is 0.0385. The SMILES string of the molecule is FC(F)(F)c1ccc2c(c1)c1ccccc1n2-c1ccc(-c2nc(-c3ccccc3)nc(-c3ccccc3)n2)cc1-c1ncccc1-n1c2ccccc2c2cc(C(F)(F)F)ccc21. The van der Waals surface area contributed by atoms with E-state index in [9.17, 15) is 26.3 Å². The summed E-state index contributed by atoms with van der Waals surface area (Å²) in [4.78, 5) is 19.8. The maximum atomic E-state index is 14.2. The van der Waals surface area contributed by atoms with Gasteiger partial charge in [-0.3, -0.25) is 4.98 Å². The van der Waals surface area contributed by atoms with Gasteiger partial charge in [-0.25, -0.2) is 15.0 Å². The quantitative estimate of drug-likeness (QED) is 0.156. The zero-order chi connectivity index (χ0) is 43.7. The number of nitrogens with zero attached hydrogens (tertiary/aromatic N) is 6. The molecule has 7 aromatic carbocycles. The number of hydrogen-bond donors (Lipinski definition) is 0. The molecule has 12 heteroatoms. The van der Waals surface area contributed by atoms with Crippen LogP contribution in [-0.2, 0) is 12.4 Å². The molecule has 0 aliphatic heterocycles.